The highest BCUT2D eigenvalue weighted by Gasteiger charge is 2.08. The van der Waals surface area contributed by atoms with Crippen LogP contribution in [0.25, 0.3) is 0 Å². The number of aryl methyl sites for hydroxylation is 1. The van der Waals surface area contributed by atoms with Crippen molar-refractivity contribution >= 4 is 5.91 Å². The van der Waals surface area contributed by atoms with Gasteiger partial charge in [-0.3, -0.25) is 4.79 Å². The van der Waals surface area contributed by atoms with Crippen molar-refractivity contribution in [2.45, 2.75) is 27.4 Å². The summed E-state index contributed by atoms with van der Waals surface area (Å²) in [5.74, 6) is 1.71. The van der Waals surface area contributed by atoms with Gasteiger partial charge in [-0.25, -0.2) is 0 Å². The molecule has 1 aromatic heterocycles. The molecule has 21 heavy (non-hydrogen) atoms. The van der Waals surface area contributed by atoms with E-state index in [2.05, 4.69) is 24.3 Å². The number of hydrogen-bond donors (Lipinski definition) is 1. The molecule has 1 N–H and O–H groups in total. The molecule has 0 unspecified atom stereocenters. The highest BCUT2D eigenvalue weighted by molar-refractivity contribution is 5.94. The Kier molecular flexibility index (Phi) is 4.98. The number of benzene rings is 1. The van der Waals surface area contributed by atoms with Gasteiger partial charge in [0.2, 0.25) is 0 Å². The van der Waals surface area contributed by atoms with Gasteiger partial charge in [0, 0.05) is 18.2 Å². The van der Waals surface area contributed by atoms with E-state index in [1.54, 1.807) is 18.2 Å². The predicted molar refractivity (Wildman–Crippen MR) is 79.2 cm³/mol. The van der Waals surface area contributed by atoms with Gasteiger partial charge < -0.3 is 14.6 Å². The van der Waals surface area contributed by atoms with Crippen LogP contribution in [-0.4, -0.2) is 17.6 Å². The molecule has 0 fully saturated rings. The Morgan fingerprint density at radius 1 is 1.38 bits per heavy atom. The van der Waals surface area contributed by atoms with Crippen molar-refractivity contribution in [2.75, 3.05) is 6.54 Å². The van der Waals surface area contributed by atoms with Gasteiger partial charge in [0.25, 0.3) is 5.91 Å². The van der Waals surface area contributed by atoms with Crippen molar-refractivity contribution in [1.82, 2.24) is 10.5 Å². The molecular weight excluding hydrogens is 268 g/mol. The van der Waals surface area contributed by atoms with E-state index in [0.717, 1.165) is 11.5 Å². The summed E-state index contributed by atoms with van der Waals surface area (Å²) in [6, 6.07) is 8.92. The zero-order chi connectivity index (χ0) is 15.2. The van der Waals surface area contributed by atoms with Crippen molar-refractivity contribution < 1.29 is 14.1 Å². The van der Waals surface area contributed by atoms with E-state index in [1.165, 1.54) is 0 Å². The molecule has 112 valence electrons. The zero-order valence-corrected chi connectivity index (χ0v) is 12.6. The second-order valence-corrected chi connectivity index (χ2v) is 5.35. The van der Waals surface area contributed by atoms with Gasteiger partial charge in [0.05, 0.1) is 0 Å². The molecule has 0 bridgehead atoms. The summed E-state index contributed by atoms with van der Waals surface area (Å²) in [6.45, 7) is 6.91. The summed E-state index contributed by atoms with van der Waals surface area (Å²) >= 11 is 0. The summed E-state index contributed by atoms with van der Waals surface area (Å²) in [6.07, 6.45) is 0. The fraction of sp³-hybridized carbons (Fsp3) is 0.375. The maximum atomic E-state index is 12.0. The Morgan fingerprint density at radius 2 is 2.19 bits per heavy atom. The fourth-order valence-corrected chi connectivity index (χ4v) is 1.77. The van der Waals surface area contributed by atoms with Gasteiger partial charge in [-0.05, 0) is 31.0 Å². The zero-order valence-electron chi connectivity index (χ0n) is 12.6. The largest absolute Gasteiger partial charge is 0.487 e. The first-order valence-corrected chi connectivity index (χ1v) is 6.98. The molecule has 1 heterocycles. The third-order valence-corrected chi connectivity index (χ3v) is 2.83. The summed E-state index contributed by atoms with van der Waals surface area (Å²) in [7, 11) is 0. The van der Waals surface area contributed by atoms with Crippen LogP contribution >= 0.6 is 0 Å². The van der Waals surface area contributed by atoms with E-state index in [9.17, 15) is 4.79 Å². The Balaban J connectivity index is 1.95. The van der Waals surface area contributed by atoms with Crippen LogP contribution in [0.2, 0.25) is 0 Å². The first-order chi connectivity index (χ1) is 10.0. The van der Waals surface area contributed by atoms with Crippen LogP contribution in [-0.2, 0) is 6.61 Å². The fourth-order valence-electron chi connectivity index (χ4n) is 1.77. The molecule has 2 rings (SSSR count). The number of ether oxygens (including phenoxy) is 1. The average Bonchev–Trinajstić information content (AvgIpc) is 2.88. The van der Waals surface area contributed by atoms with E-state index in [0.29, 0.717) is 30.4 Å². The molecule has 0 radical (unpaired) electrons. The second kappa shape index (κ2) is 6.92. The van der Waals surface area contributed by atoms with Gasteiger partial charge in [-0.15, -0.1) is 0 Å². The molecule has 0 saturated heterocycles. The maximum absolute atomic E-state index is 12.0. The van der Waals surface area contributed by atoms with E-state index in [4.69, 9.17) is 9.26 Å². The topological polar surface area (TPSA) is 64.4 Å². The monoisotopic (exact) mass is 288 g/mol. The van der Waals surface area contributed by atoms with Crippen LogP contribution in [0.1, 0.15) is 35.7 Å². The number of aromatic nitrogens is 1. The minimum absolute atomic E-state index is 0.0913. The molecule has 2 aromatic rings. The number of nitrogens with zero attached hydrogens (tertiary/aromatic N) is 1. The third-order valence-electron chi connectivity index (χ3n) is 2.83. The molecule has 1 aromatic carbocycles. The normalized spacial score (nSPS) is 10.7. The highest BCUT2D eigenvalue weighted by Crippen LogP contribution is 2.15. The lowest BCUT2D eigenvalue weighted by Crippen LogP contribution is -2.27. The molecule has 0 spiro atoms. The Bertz CT molecular complexity index is 605. The Morgan fingerprint density at radius 3 is 2.86 bits per heavy atom. The Labute approximate surface area is 124 Å². The number of carbonyl (C=O) groups is 1. The smallest absolute Gasteiger partial charge is 0.251 e. The number of rotatable bonds is 6. The van der Waals surface area contributed by atoms with E-state index < -0.39 is 0 Å². The van der Waals surface area contributed by atoms with Crippen molar-refractivity contribution in [1.29, 1.82) is 0 Å². The summed E-state index contributed by atoms with van der Waals surface area (Å²) in [4.78, 5) is 12.0. The number of nitrogens with one attached hydrogen (secondary N) is 1. The van der Waals surface area contributed by atoms with E-state index in [1.807, 2.05) is 19.1 Å². The van der Waals surface area contributed by atoms with Crippen LogP contribution in [0.3, 0.4) is 0 Å². The molecular formula is C16H20N2O3. The lowest BCUT2D eigenvalue weighted by Gasteiger charge is -2.09. The molecule has 0 atom stereocenters. The van der Waals surface area contributed by atoms with Crippen LogP contribution < -0.4 is 10.1 Å². The molecule has 0 aliphatic rings. The minimum Gasteiger partial charge on any atom is -0.487 e. The number of amides is 1. The average molecular weight is 288 g/mol. The molecule has 0 aliphatic carbocycles. The summed E-state index contributed by atoms with van der Waals surface area (Å²) in [5, 5.41) is 6.74. The van der Waals surface area contributed by atoms with Gasteiger partial charge >= 0.3 is 0 Å². The molecule has 5 heteroatoms. The van der Waals surface area contributed by atoms with Gasteiger partial charge in [0.15, 0.2) is 0 Å². The van der Waals surface area contributed by atoms with Crippen LogP contribution in [0, 0.1) is 12.8 Å². The van der Waals surface area contributed by atoms with E-state index >= 15 is 0 Å². The summed E-state index contributed by atoms with van der Waals surface area (Å²) in [5.41, 5.74) is 1.31. The van der Waals surface area contributed by atoms with Gasteiger partial charge in [-0.1, -0.05) is 25.1 Å². The lowest BCUT2D eigenvalue weighted by atomic mass is 10.2. The van der Waals surface area contributed by atoms with Crippen molar-refractivity contribution in [3.63, 3.8) is 0 Å². The predicted octanol–water partition coefficient (Wildman–Crippen LogP) is 2.95. The van der Waals surface area contributed by atoms with Crippen molar-refractivity contribution in [2.24, 2.45) is 5.92 Å². The Hall–Kier alpha value is -2.30. The third kappa shape index (κ3) is 4.63. The minimum atomic E-state index is -0.0913. The number of carbonyl (C=O) groups excluding carboxylic acids is 1. The van der Waals surface area contributed by atoms with Gasteiger partial charge in [0.1, 0.15) is 23.8 Å². The second-order valence-electron chi connectivity index (χ2n) is 5.35. The molecule has 1 amide bonds. The standard InChI is InChI=1S/C16H20N2O3/c1-11(2)9-17-16(19)13-5-4-6-15(8-13)20-10-14-7-12(3)21-18-14/h4-8,11H,9-10H2,1-3H3,(H,17,19). The highest BCUT2D eigenvalue weighted by atomic mass is 16.5. The van der Waals surface area contributed by atoms with Crippen molar-refractivity contribution in [3.8, 4) is 5.75 Å². The van der Waals surface area contributed by atoms with Crippen LogP contribution in [0.4, 0.5) is 0 Å². The molecule has 5 nitrogen and oxygen atoms in total. The number of hydrogen-bond acceptors (Lipinski definition) is 4. The SMILES string of the molecule is Cc1cc(COc2cccc(C(=O)NCC(C)C)c2)no1. The van der Waals surface area contributed by atoms with Crippen molar-refractivity contribution in [3.05, 3.63) is 47.3 Å². The first kappa shape index (κ1) is 15.1. The van der Waals surface area contributed by atoms with E-state index in [-0.39, 0.29) is 5.91 Å². The first-order valence-electron chi connectivity index (χ1n) is 6.98. The lowest BCUT2D eigenvalue weighted by molar-refractivity contribution is 0.0948. The maximum Gasteiger partial charge on any atom is 0.251 e. The molecule has 0 aliphatic heterocycles. The van der Waals surface area contributed by atoms with Crippen LogP contribution in [0.5, 0.6) is 5.75 Å². The summed E-state index contributed by atoms with van der Waals surface area (Å²) < 4.78 is 10.6. The van der Waals surface area contributed by atoms with Crippen LogP contribution in [0.15, 0.2) is 34.9 Å². The van der Waals surface area contributed by atoms with Gasteiger partial charge in [-0.2, -0.15) is 0 Å². The molecule has 0 saturated carbocycles. The quantitative estimate of drug-likeness (QED) is 0.887.